The van der Waals surface area contributed by atoms with Crippen LogP contribution >= 0.6 is 0 Å². The molecule has 0 bridgehead atoms. The van der Waals surface area contributed by atoms with Gasteiger partial charge in [0, 0.05) is 40.0 Å². The first-order chi connectivity index (χ1) is 10.2. The molecule has 1 aromatic rings. The van der Waals surface area contributed by atoms with Gasteiger partial charge in [0.05, 0.1) is 17.0 Å². The standard InChI is InChI=1S/C17H26N2O2/c1-19(2)16-6-4-3-5-15(16)18-14-7-10-21-17(13-14)8-11-20-12-9-17/h3-6,14,18H,7-13H2,1-2H3. The van der Waals surface area contributed by atoms with Gasteiger partial charge in [0.25, 0.3) is 0 Å². The molecule has 21 heavy (non-hydrogen) atoms. The van der Waals surface area contributed by atoms with Crippen molar-refractivity contribution in [1.82, 2.24) is 0 Å². The minimum Gasteiger partial charge on any atom is -0.381 e. The predicted molar refractivity (Wildman–Crippen MR) is 86.1 cm³/mol. The minimum absolute atomic E-state index is 0.0429. The van der Waals surface area contributed by atoms with E-state index in [1.54, 1.807) is 0 Å². The Morgan fingerprint density at radius 1 is 1.14 bits per heavy atom. The van der Waals surface area contributed by atoms with Crippen molar-refractivity contribution in [2.24, 2.45) is 0 Å². The molecule has 0 aromatic heterocycles. The van der Waals surface area contributed by atoms with Crippen molar-refractivity contribution >= 4 is 11.4 Å². The van der Waals surface area contributed by atoms with E-state index in [1.165, 1.54) is 11.4 Å². The second kappa shape index (κ2) is 6.24. The van der Waals surface area contributed by atoms with E-state index < -0.39 is 0 Å². The number of hydrogen-bond acceptors (Lipinski definition) is 4. The van der Waals surface area contributed by atoms with Crippen molar-refractivity contribution in [3.63, 3.8) is 0 Å². The van der Waals surface area contributed by atoms with Crippen molar-refractivity contribution in [1.29, 1.82) is 0 Å². The number of benzene rings is 1. The van der Waals surface area contributed by atoms with Crippen LogP contribution in [0.4, 0.5) is 11.4 Å². The van der Waals surface area contributed by atoms with E-state index in [9.17, 15) is 0 Å². The fourth-order valence-electron chi connectivity index (χ4n) is 3.45. The van der Waals surface area contributed by atoms with E-state index >= 15 is 0 Å². The fourth-order valence-corrected chi connectivity index (χ4v) is 3.45. The first-order valence-corrected chi connectivity index (χ1v) is 7.93. The summed E-state index contributed by atoms with van der Waals surface area (Å²) in [6.07, 6.45) is 4.21. The van der Waals surface area contributed by atoms with Gasteiger partial charge in [0.15, 0.2) is 0 Å². The highest BCUT2D eigenvalue weighted by Gasteiger charge is 2.39. The number of nitrogens with one attached hydrogen (secondary N) is 1. The van der Waals surface area contributed by atoms with Gasteiger partial charge < -0.3 is 19.7 Å². The van der Waals surface area contributed by atoms with Crippen molar-refractivity contribution < 1.29 is 9.47 Å². The summed E-state index contributed by atoms with van der Waals surface area (Å²) < 4.78 is 11.6. The average Bonchev–Trinajstić information content (AvgIpc) is 2.48. The summed E-state index contributed by atoms with van der Waals surface area (Å²) in [5.74, 6) is 0. The molecule has 2 fully saturated rings. The Kier molecular flexibility index (Phi) is 4.36. The molecule has 1 unspecified atom stereocenters. The van der Waals surface area contributed by atoms with Gasteiger partial charge in [-0.05, 0) is 37.8 Å². The highest BCUT2D eigenvalue weighted by molar-refractivity contribution is 5.69. The van der Waals surface area contributed by atoms with Crippen LogP contribution in [0.2, 0.25) is 0 Å². The Morgan fingerprint density at radius 3 is 2.67 bits per heavy atom. The van der Waals surface area contributed by atoms with Crippen LogP contribution in [-0.4, -0.2) is 45.6 Å². The molecule has 0 aliphatic carbocycles. The molecule has 4 heteroatoms. The van der Waals surface area contributed by atoms with Crippen LogP contribution in [0.1, 0.15) is 25.7 Å². The van der Waals surface area contributed by atoms with Crippen LogP contribution in [0, 0.1) is 0 Å². The van der Waals surface area contributed by atoms with Gasteiger partial charge in [-0.2, -0.15) is 0 Å². The summed E-state index contributed by atoms with van der Waals surface area (Å²) in [7, 11) is 4.18. The molecule has 2 heterocycles. The molecular weight excluding hydrogens is 264 g/mol. The Labute approximate surface area is 127 Å². The lowest BCUT2D eigenvalue weighted by Crippen LogP contribution is -2.47. The fraction of sp³-hybridized carbons (Fsp3) is 0.647. The van der Waals surface area contributed by atoms with Crippen LogP contribution in [0.15, 0.2) is 24.3 Å². The van der Waals surface area contributed by atoms with Crippen molar-refractivity contribution in [3.8, 4) is 0 Å². The van der Waals surface area contributed by atoms with Crippen LogP contribution in [0.3, 0.4) is 0 Å². The zero-order valence-corrected chi connectivity index (χ0v) is 13.1. The summed E-state index contributed by atoms with van der Waals surface area (Å²) in [6.45, 7) is 2.52. The van der Waals surface area contributed by atoms with Gasteiger partial charge in [-0.3, -0.25) is 0 Å². The molecule has 0 radical (unpaired) electrons. The minimum atomic E-state index is 0.0429. The van der Waals surface area contributed by atoms with Crippen LogP contribution in [0.25, 0.3) is 0 Å². The molecule has 1 N–H and O–H groups in total. The van der Waals surface area contributed by atoms with E-state index in [0.29, 0.717) is 6.04 Å². The summed E-state index contributed by atoms with van der Waals surface area (Å²) in [5.41, 5.74) is 2.50. The molecule has 0 saturated carbocycles. The first kappa shape index (κ1) is 14.7. The molecule has 116 valence electrons. The molecule has 2 saturated heterocycles. The number of hydrogen-bond donors (Lipinski definition) is 1. The van der Waals surface area contributed by atoms with Gasteiger partial charge in [0.1, 0.15) is 0 Å². The van der Waals surface area contributed by atoms with Crippen molar-refractivity contribution in [3.05, 3.63) is 24.3 Å². The number of ether oxygens (including phenoxy) is 2. The third-order valence-electron chi connectivity index (χ3n) is 4.64. The molecule has 1 spiro atoms. The molecule has 1 aromatic carbocycles. The first-order valence-electron chi connectivity index (χ1n) is 7.93. The van der Waals surface area contributed by atoms with Crippen molar-refractivity contribution in [2.45, 2.75) is 37.3 Å². The second-order valence-corrected chi connectivity index (χ2v) is 6.39. The van der Waals surface area contributed by atoms with Gasteiger partial charge in [-0.1, -0.05) is 12.1 Å². The molecule has 4 nitrogen and oxygen atoms in total. The monoisotopic (exact) mass is 290 g/mol. The second-order valence-electron chi connectivity index (χ2n) is 6.39. The molecular formula is C17H26N2O2. The molecule has 2 aliphatic rings. The topological polar surface area (TPSA) is 33.7 Å². The summed E-state index contributed by atoms with van der Waals surface area (Å²) in [5, 5.41) is 3.74. The van der Waals surface area contributed by atoms with Crippen LogP contribution in [0.5, 0.6) is 0 Å². The van der Waals surface area contributed by atoms with Gasteiger partial charge >= 0.3 is 0 Å². The zero-order valence-electron chi connectivity index (χ0n) is 13.1. The number of rotatable bonds is 3. The lowest BCUT2D eigenvalue weighted by molar-refractivity contribution is -0.135. The molecule has 2 aliphatic heterocycles. The Bertz CT molecular complexity index is 464. The Morgan fingerprint density at radius 2 is 1.90 bits per heavy atom. The van der Waals surface area contributed by atoms with Gasteiger partial charge in [0.2, 0.25) is 0 Å². The van der Waals surface area contributed by atoms with Crippen LogP contribution < -0.4 is 10.2 Å². The summed E-state index contributed by atoms with van der Waals surface area (Å²) in [4.78, 5) is 2.16. The van der Waals surface area contributed by atoms with Gasteiger partial charge in [-0.15, -0.1) is 0 Å². The van der Waals surface area contributed by atoms with E-state index in [1.807, 2.05) is 0 Å². The number of nitrogens with zero attached hydrogens (tertiary/aromatic N) is 1. The highest BCUT2D eigenvalue weighted by atomic mass is 16.5. The maximum atomic E-state index is 6.12. The predicted octanol–water partition coefficient (Wildman–Crippen LogP) is 2.89. The van der Waals surface area contributed by atoms with Crippen molar-refractivity contribution in [2.75, 3.05) is 44.1 Å². The molecule has 0 amide bonds. The van der Waals surface area contributed by atoms with E-state index in [-0.39, 0.29) is 5.60 Å². The third-order valence-corrected chi connectivity index (χ3v) is 4.64. The Balaban J connectivity index is 1.70. The SMILES string of the molecule is CN(C)c1ccccc1NC1CCOC2(CCOCC2)C1. The van der Waals surface area contributed by atoms with E-state index in [2.05, 4.69) is 48.6 Å². The van der Waals surface area contributed by atoms with E-state index in [4.69, 9.17) is 9.47 Å². The Hall–Kier alpha value is -1.26. The lowest BCUT2D eigenvalue weighted by atomic mass is 9.84. The maximum Gasteiger partial charge on any atom is 0.0745 e. The largest absolute Gasteiger partial charge is 0.381 e. The number of anilines is 2. The smallest absolute Gasteiger partial charge is 0.0745 e. The summed E-state index contributed by atoms with van der Waals surface area (Å²) >= 11 is 0. The van der Waals surface area contributed by atoms with E-state index in [0.717, 1.165) is 45.5 Å². The quantitative estimate of drug-likeness (QED) is 0.928. The van der Waals surface area contributed by atoms with Gasteiger partial charge in [-0.25, -0.2) is 0 Å². The molecule has 1 atom stereocenters. The lowest BCUT2D eigenvalue weighted by Gasteiger charge is -2.43. The van der Waals surface area contributed by atoms with Crippen LogP contribution in [-0.2, 0) is 9.47 Å². The average molecular weight is 290 g/mol. The highest BCUT2D eigenvalue weighted by Crippen LogP contribution is 2.36. The maximum absolute atomic E-state index is 6.12. The summed E-state index contributed by atoms with van der Waals surface area (Å²) in [6, 6.07) is 8.99. The molecule has 3 rings (SSSR count). The zero-order chi connectivity index (χ0) is 14.7. The third kappa shape index (κ3) is 3.33. The normalized spacial score (nSPS) is 24.8. The number of para-hydroxylation sites is 2.